The molecule has 3 nitrogen and oxygen atoms in total. The van der Waals surface area contributed by atoms with Crippen LogP contribution in [0.25, 0.3) is 22.1 Å². The van der Waals surface area contributed by atoms with Gasteiger partial charge < -0.3 is 14.8 Å². The van der Waals surface area contributed by atoms with Crippen LogP contribution in [0.4, 0.5) is 0 Å². The summed E-state index contributed by atoms with van der Waals surface area (Å²) >= 11 is 7.04. The van der Waals surface area contributed by atoms with Crippen LogP contribution in [-0.2, 0) is 13.1 Å². The van der Waals surface area contributed by atoms with Gasteiger partial charge in [0.2, 0.25) is 0 Å². The van der Waals surface area contributed by atoms with Gasteiger partial charge in [0, 0.05) is 24.0 Å². The molecule has 4 aromatic rings. The number of aromatic hydroxyl groups is 1. The van der Waals surface area contributed by atoms with Crippen LogP contribution < -0.4 is 5.32 Å². The fourth-order valence-electron chi connectivity index (χ4n) is 3.19. The second-order valence-electron chi connectivity index (χ2n) is 6.27. The molecule has 0 spiro atoms. The van der Waals surface area contributed by atoms with E-state index in [1.807, 2.05) is 54.6 Å². The normalized spacial score (nSPS) is 11.2. The highest BCUT2D eigenvalue weighted by Crippen LogP contribution is 2.44. The lowest BCUT2D eigenvalue weighted by atomic mass is 10.0. The largest absolute Gasteiger partial charge is 0.506 e. The maximum Gasteiger partial charge on any atom is 0.178 e. The molecule has 136 valence electrons. The zero-order valence-corrected chi connectivity index (χ0v) is 17.5. The third-order valence-corrected chi connectivity index (χ3v) is 5.66. The first-order chi connectivity index (χ1) is 13.1. The number of phenols is 1. The van der Waals surface area contributed by atoms with E-state index in [2.05, 4.69) is 49.3 Å². The Morgan fingerprint density at radius 1 is 0.889 bits per heavy atom. The monoisotopic (exact) mass is 485 g/mol. The Bertz CT molecular complexity index is 1080. The number of rotatable bonds is 5. The smallest absolute Gasteiger partial charge is 0.178 e. The Balaban J connectivity index is 1.73. The van der Waals surface area contributed by atoms with Gasteiger partial charge in [0.15, 0.2) is 4.67 Å². The number of phenolic OH excluding ortho intramolecular Hbond substituents is 1. The number of nitrogens with one attached hydrogen (secondary N) is 1. The van der Waals surface area contributed by atoms with Crippen molar-refractivity contribution >= 4 is 42.8 Å². The number of halogens is 2. The molecule has 0 saturated carbocycles. The van der Waals surface area contributed by atoms with Crippen molar-refractivity contribution in [2.24, 2.45) is 0 Å². The summed E-state index contributed by atoms with van der Waals surface area (Å²) < 4.78 is 7.33. The van der Waals surface area contributed by atoms with Crippen LogP contribution in [0.5, 0.6) is 5.75 Å². The Hall–Kier alpha value is -2.08. The molecule has 1 aromatic heterocycles. The van der Waals surface area contributed by atoms with E-state index in [-0.39, 0.29) is 5.75 Å². The van der Waals surface area contributed by atoms with Crippen molar-refractivity contribution in [1.29, 1.82) is 0 Å². The van der Waals surface area contributed by atoms with Gasteiger partial charge in [-0.25, -0.2) is 0 Å². The summed E-state index contributed by atoms with van der Waals surface area (Å²) in [5.74, 6) is 0.198. The molecule has 0 unspecified atom stereocenters. The van der Waals surface area contributed by atoms with E-state index in [9.17, 15) is 5.11 Å². The minimum absolute atomic E-state index is 0.198. The third-order valence-electron chi connectivity index (χ3n) is 4.50. The molecular formula is C22H17Br2NO2. The quantitative estimate of drug-likeness (QED) is 0.333. The number of fused-ring (bicyclic) bond motifs is 1. The molecular weight excluding hydrogens is 470 g/mol. The zero-order chi connectivity index (χ0) is 18.8. The first-order valence-corrected chi connectivity index (χ1v) is 10.2. The zero-order valence-electron chi connectivity index (χ0n) is 14.4. The predicted molar refractivity (Wildman–Crippen MR) is 116 cm³/mol. The molecule has 0 aliphatic carbocycles. The van der Waals surface area contributed by atoms with Crippen LogP contribution in [-0.4, -0.2) is 5.11 Å². The third kappa shape index (κ3) is 3.68. The molecule has 3 aromatic carbocycles. The maximum atomic E-state index is 10.6. The first kappa shape index (κ1) is 18.3. The van der Waals surface area contributed by atoms with Crippen molar-refractivity contribution in [3.05, 3.63) is 87.0 Å². The van der Waals surface area contributed by atoms with Gasteiger partial charge in [-0.15, -0.1) is 0 Å². The molecule has 1 heterocycles. The van der Waals surface area contributed by atoms with Crippen LogP contribution >= 0.6 is 31.9 Å². The predicted octanol–water partition coefficient (Wildman–Crippen LogP) is 6.62. The van der Waals surface area contributed by atoms with Gasteiger partial charge in [0.05, 0.1) is 10.0 Å². The number of benzene rings is 3. The molecule has 0 aliphatic heterocycles. The van der Waals surface area contributed by atoms with Crippen molar-refractivity contribution in [1.82, 2.24) is 5.32 Å². The fourth-order valence-corrected chi connectivity index (χ4v) is 4.26. The maximum absolute atomic E-state index is 10.6. The second-order valence-corrected chi connectivity index (χ2v) is 7.84. The van der Waals surface area contributed by atoms with E-state index in [4.69, 9.17) is 4.42 Å². The summed E-state index contributed by atoms with van der Waals surface area (Å²) in [5.41, 5.74) is 4.65. The number of hydrogen-bond acceptors (Lipinski definition) is 3. The Morgan fingerprint density at radius 2 is 1.56 bits per heavy atom. The molecule has 4 rings (SSSR count). The lowest BCUT2D eigenvalue weighted by molar-refractivity contribution is 0.459. The topological polar surface area (TPSA) is 45.4 Å². The summed E-state index contributed by atoms with van der Waals surface area (Å²) in [5, 5.41) is 14.9. The molecule has 0 radical (unpaired) electrons. The SMILES string of the molecule is Oc1c(Br)cc2c(-c3ccccc3)c(Br)oc2c1CNCc1ccccc1. The summed E-state index contributed by atoms with van der Waals surface area (Å²) in [7, 11) is 0. The van der Waals surface area contributed by atoms with Crippen LogP contribution in [0.1, 0.15) is 11.1 Å². The van der Waals surface area contributed by atoms with Crippen LogP contribution in [0.15, 0.2) is 80.3 Å². The molecule has 0 fully saturated rings. The van der Waals surface area contributed by atoms with Gasteiger partial charge in [0.25, 0.3) is 0 Å². The number of hydrogen-bond donors (Lipinski definition) is 2. The lowest BCUT2D eigenvalue weighted by Gasteiger charge is -2.10. The van der Waals surface area contributed by atoms with E-state index in [1.54, 1.807) is 0 Å². The minimum Gasteiger partial charge on any atom is -0.506 e. The summed E-state index contributed by atoms with van der Waals surface area (Å²) in [6.07, 6.45) is 0. The van der Waals surface area contributed by atoms with Crippen LogP contribution in [0.3, 0.4) is 0 Å². The Kier molecular flexibility index (Phi) is 5.34. The van der Waals surface area contributed by atoms with E-state index >= 15 is 0 Å². The van der Waals surface area contributed by atoms with Crippen LogP contribution in [0.2, 0.25) is 0 Å². The van der Waals surface area contributed by atoms with Gasteiger partial charge in [-0.1, -0.05) is 60.7 Å². The van der Waals surface area contributed by atoms with E-state index in [1.165, 1.54) is 5.56 Å². The molecule has 0 saturated heterocycles. The van der Waals surface area contributed by atoms with Crippen molar-refractivity contribution in [3.8, 4) is 16.9 Å². The Morgan fingerprint density at radius 3 is 2.26 bits per heavy atom. The van der Waals surface area contributed by atoms with Gasteiger partial charge in [-0.2, -0.15) is 0 Å². The average Bonchev–Trinajstić information content (AvgIpc) is 3.02. The average molecular weight is 487 g/mol. The van der Waals surface area contributed by atoms with E-state index < -0.39 is 0 Å². The molecule has 0 atom stereocenters. The molecule has 2 N–H and O–H groups in total. The highest BCUT2D eigenvalue weighted by atomic mass is 79.9. The van der Waals surface area contributed by atoms with Crippen molar-refractivity contribution < 1.29 is 9.52 Å². The summed E-state index contributed by atoms with van der Waals surface area (Å²) in [4.78, 5) is 0. The van der Waals surface area contributed by atoms with E-state index in [0.29, 0.717) is 27.8 Å². The highest BCUT2D eigenvalue weighted by Gasteiger charge is 2.21. The first-order valence-electron chi connectivity index (χ1n) is 8.57. The van der Waals surface area contributed by atoms with Gasteiger partial charge in [-0.3, -0.25) is 0 Å². The van der Waals surface area contributed by atoms with Gasteiger partial charge >= 0.3 is 0 Å². The molecule has 0 amide bonds. The summed E-state index contributed by atoms with van der Waals surface area (Å²) in [6, 6.07) is 22.1. The minimum atomic E-state index is 0.198. The van der Waals surface area contributed by atoms with Gasteiger partial charge in [-0.05, 0) is 49.1 Å². The standard InChI is InChI=1S/C22H17Br2NO2/c23-18-11-16-19(15-9-5-2-6-10-15)22(24)27-21(16)17(20(18)26)13-25-12-14-7-3-1-4-8-14/h1-11,25-26H,12-13H2. The highest BCUT2D eigenvalue weighted by molar-refractivity contribution is 9.10. The number of furan rings is 1. The van der Waals surface area contributed by atoms with Crippen molar-refractivity contribution in [2.75, 3.05) is 0 Å². The molecule has 5 heteroatoms. The molecule has 0 aliphatic rings. The molecule has 27 heavy (non-hydrogen) atoms. The Labute approximate surface area is 174 Å². The van der Waals surface area contributed by atoms with Crippen molar-refractivity contribution in [2.45, 2.75) is 13.1 Å². The summed E-state index contributed by atoms with van der Waals surface area (Å²) in [6.45, 7) is 1.20. The van der Waals surface area contributed by atoms with Crippen LogP contribution in [0, 0.1) is 0 Å². The van der Waals surface area contributed by atoms with Crippen molar-refractivity contribution in [3.63, 3.8) is 0 Å². The fraction of sp³-hybridized carbons (Fsp3) is 0.0909. The lowest BCUT2D eigenvalue weighted by Crippen LogP contribution is -2.13. The molecule has 0 bridgehead atoms. The van der Waals surface area contributed by atoms with Gasteiger partial charge in [0.1, 0.15) is 11.3 Å². The second kappa shape index (κ2) is 7.89. The van der Waals surface area contributed by atoms with E-state index in [0.717, 1.165) is 22.1 Å².